The lowest BCUT2D eigenvalue weighted by molar-refractivity contribution is 0.000566. The van der Waals surface area contributed by atoms with E-state index in [0.29, 0.717) is 23.0 Å². The van der Waals surface area contributed by atoms with E-state index in [0.717, 1.165) is 32.1 Å². The summed E-state index contributed by atoms with van der Waals surface area (Å²) >= 11 is 0. The highest BCUT2D eigenvalue weighted by molar-refractivity contribution is 5.87. The van der Waals surface area contributed by atoms with Crippen molar-refractivity contribution in [3.63, 3.8) is 0 Å². The lowest BCUT2D eigenvalue weighted by Gasteiger charge is -2.33. The SMILES string of the molecule is CCC(O)C(CCC(C)C)C(CCC(C)C)C(C)O.O=C(O)c1ccccc1.O=C(O)c1ccccc1. The monoisotopic (exact) mass is 516 g/mol. The maximum absolute atomic E-state index is 10.3. The van der Waals surface area contributed by atoms with E-state index >= 15 is 0 Å². The van der Waals surface area contributed by atoms with Gasteiger partial charge in [-0.05, 0) is 74.1 Å². The second-order valence-corrected chi connectivity index (χ2v) is 10.3. The van der Waals surface area contributed by atoms with Gasteiger partial charge in [-0.3, -0.25) is 0 Å². The van der Waals surface area contributed by atoms with E-state index in [9.17, 15) is 19.8 Å². The number of hydrogen-bond acceptors (Lipinski definition) is 4. The van der Waals surface area contributed by atoms with Crippen LogP contribution in [0.2, 0.25) is 0 Å². The van der Waals surface area contributed by atoms with E-state index in [-0.39, 0.29) is 24.0 Å². The summed E-state index contributed by atoms with van der Waals surface area (Å²) in [6.45, 7) is 12.8. The first-order valence-electron chi connectivity index (χ1n) is 13.3. The Bertz CT molecular complexity index is 799. The molecule has 0 aliphatic carbocycles. The molecule has 0 amide bonds. The Hall–Kier alpha value is -2.70. The molecule has 0 aliphatic rings. The molecule has 0 spiro atoms. The Morgan fingerprint density at radius 1 is 0.622 bits per heavy atom. The minimum Gasteiger partial charge on any atom is -0.478 e. The number of rotatable bonds is 12. The van der Waals surface area contributed by atoms with Gasteiger partial charge in [0.2, 0.25) is 0 Å². The van der Waals surface area contributed by atoms with E-state index in [4.69, 9.17) is 10.2 Å². The zero-order valence-corrected chi connectivity index (χ0v) is 23.4. The first-order chi connectivity index (χ1) is 17.4. The summed E-state index contributed by atoms with van der Waals surface area (Å²) in [5.41, 5.74) is 0.662. The molecule has 2 aromatic rings. The first kappa shape index (κ1) is 34.3. The Morgan fingerprint density at radius 3 is 1.22 bits per heavy atom. The molecule has 0 aromatic heterocycles. The maximum Gasteiger partial charge on any atom is 0.335 e. The molecule has 2 aromatic carbocycles. The van der Waals surface area contributed by atoms with Gasteiger partial charge in [-0.1, -0.05) is 83.9 Å². The zero-order chi connectivity index (χ0) is 28.4. The molecule has 0 heterocycles. The van der Waals surface area contributed by atoms with Crippen LogP contribution in [0, 0.1) is 23.7 Å². The maximum atomic E-state index is 10.3. The third-order valence-corrected chi connectivity index (χ3v) is 6.28. The van der Waals surface area contributed by atoms with Crippen LogP contribution in [0.15, 0.2) is 60.7 Å². The van der Waals surface area contributed by atoms with Crippen LogP contribution >= 0.6 is 0 Å². The average molecular weight is 517 g/mol. The average Bonchev–Trinajstić information content (AvgIpc) is 2.86. The number of aliphatic hydroxyl groups excluding tert-OH is 2. The molecule has 4 atom stereocenters. The van der Waals surface area contributed by atoms with Gasteiger partial charge < -0.3 is 20.4 Å². The molecule has 4 unspecified atom stereocenters. The number of benzene rings is 2. The quantitative estimate of drug-likeness (QED) is 0.241. The summed E-state index contributed by atoms with van der Waals surface area (Å²) in [6.07, 6.45) is 4.50. The molecule has 0 fully saturated rings. The number of carboxylic acid groups (broad SMARTS) is 2. The summed E-state index contributed by atoms with van der Waals surface area (Å²) in [7, 11) is 0. The normalized spacial score (nSPS) is 13.9. The molecular formula is C31H48O6. The van der Waals surface area contributed by atoms with Gasteiger partial charge in [-0.25, -0.2) is 9.59 Å². The lowest BCUT2D eigenvalue weighted by atomic mass is 9.76. The lowest BCUT2D eigenvalue weighted by Crippen LogP contribution is -2.34. The predicted molar refractivity (Wildman–Crippen MR) is 150 cm³/mol. The van der Waals surface area contributed by atoms with Crippen molar-refractivity contribution in [2.75, 3.05) is 0 Å². The van der Waals surface area contributed by atoms with Gasteiger partial charge in [0, 0.05) is 0 Å². The molecule has 208 valence electrons. The topological polar surface area (TPSA) is 115 Å². The summed E-state index contributed by atoms with van der Waals surface area (Å²) < 4.78 is 0. The van der Waals surface area contributed by atoms with Crippen molar-refractivity contribution in [2.24, 2.45) is 23.7 Å². The van der Waals surface area contributed by atoms with Gasteiger partial charge in [0.1, 0.15) is 0 Å². The van der Waals surface area contributed by atoms with E-state index in [1.54, 1.807) is 60.7 Å². The smallest absolute Gasteiger partial charge is 0.335 e. The van der Waals surface area contributed by atoms with Crippen molar-refractivity contribution in [1.82, 2.24) is 0 Å². The first-order valence-corrected chi connectivity index (χ1v) is 13.3. The van der Waals surface area contributed by atoms with Gasteiger partial charge in [0.15, 0.2) is 0 Å². The molecule has 2 rings (SSSR count). The summed E-state index contributed by atoms with van der Waals surface area (Å²) in [5.74, 6) is 0.0329. The van der Waals surface area contributed by atoms with Gasteiger partial charge in [0.25, 0.3) is 0 Å². The Balaban J connectivity index is 0.000000591. The van der Waals surface area contributed by atoms with E-state index < -0.39 is 11.9 Å². The van der Waals surface area contributed by atoms with Gasteiger partial charge >= 0.3 is 11.9 Å². The molecule has 4 N–H and O–H groups in total. The molecule has 0 saturated heterocycles. The highest BCUT2D eigenvalue weighted by Gasteiger charge is 2.30. The van der Waals surface area contributed by atoms with Gasteiger partial charge in [0.05, 0.1) is 23.3 Å². The number of aliphatic hydroxyl groups is 2. The molecule has 0 radical (unpaired) electrons. The fraction of sp³-hybridized carbons (Fsp3) is 0.548. The Labute approximate surface area is 223 Å². The molecule has 0 saturated carbocycles. The largest absolute Gasteiger partial charge is 0.478 e. The molecule has 6 nitrogen and oxygen atoms in total. The van der Waals surface area contributed by atoms with Crippen molar-refractivity contribution in [1.29, 1.82) is 0 Å². The zero-order valence-electron chi connectivity index (χ0n) is 23.4. The van der Waals surface area contributed by atoms with Crippen LogP contribution in [-0.2, 0) is 0 Å². The fourth-order valence-corrected chi connectivity index (χ4v) is 4.02. The van der Waals surface area contributed by atoms with Crippen LogP contribution in [0.1, 0.15) is 94.4 Å². The van der Waals surface area contributed by atoms with Crippen molar-refractivity contribution in [3.8, 4) is 0 Å². The minimum atomic E-state index is -0.879. The molecule has 37 heavy (non-hydrogen) atoms. The van der Waals surface area contributed by atoms with Crippen molar-refractivity contribution >= 4 is 11.9 Å². The van der Waals surface area contributed by atoms with E-state index in [1.807, 2.05) is 13.8 Å². The minimum absolute atomic E-state index is 0.232. The number of carbonyl (C=O) groups is 2. The molecule has 0 bridgehead atoms. The Morgan fingerprint density at radius 2 is 0.973 bits per heavy atom. The predicted octanol–water partition coefficient (Wildman–Crippen LogP) is 7.01. The number of carboxylic acids is 2. The van der Waals surface area contributed by atoms with E-state index in [1.165, 1.54) is 0 Å². The second-order valence-electron chi connectivity index (χ2n) is 10.3. The summed E-state index contributed by atoms with van der Waals surface area (Å²) in [6, 6.07) is 16.6. The Kier molecular flexibility index (Phi) is 18.0. The molecule has 6 heteroatoms. The summed E-state index contributed by atoms with van der Waals surface area (Å²) in [5, 5.41) is 37.2. The molecular weight excluding hydrogens is 468 g/mol. The van der Waals surface area contributed by atoms with E-state index in [2.05, 4.69) is 27.7 Å². The van der Waals surface area contributed by atoms with Crippen LogP contribution in [0.5, 0.6) is 0 Å². The fourth-order valence-electron chi connectivity index (χ4n) is 4.02. The van der Waals surface area contributed by atoms with Crippen molar-refractivity contribution in [3.05, 3.63) is 71.8 Å². The van der Waals surface area contributed by atoms with Gasteiger partial charge in [-0.15, -0.1) is 0 Å². The number of hydrogen-bond donors (Lipinski definition) is 4. The van der Waals surface area contributed by atoms with Crippen molar-refractivity contribution < 1.29 is 30.0 Å². The van der Waals surface area contributed by atoms with Crippen LogP contribution in [0.25, 0.3) is 0 Å². The standard InChI is InChI=1S/C17H36O2.2C7H6O2/c1-7-17(19)16(11-9-13(4)5)15(14(6)18)10-8-12(2)3;2*8-7(9)6-4-2-1-3-5-6/h12-19H,7-11H2,1-6H3;2*1-5H,(H,8,9). The third kappa shape index (κ3) is 15.9. The van der Waals surface area contributed by atoms with Crippen LogP contribution in [-0.4, -0.2) is 44.6 Å². The van der Waals surface area contributed by atoms with Crippen LogP contribution in [0.4, 0.5) is 0 Å². The third-order valence-electron chi connectivity index (χ3n) is 6.28. The highest BCUT2D eigenvalue weighted by atomic mass is 16.4. The van der Waals surface area contributed by atoms with Gasteiger partial charge in [-0.2, -0.15) is 0 Å². The van der Waals surface area contributed by atoms with Crippen LogP contribution in [0.3, 0.4) is 0 Å². The second kappa shape index (κ2) is 19.4. The molecule has 0 aliphatic heterocycles. The van der Waals surface area contributed by atoms with Crippen molar-refractivity contribution in [2.45, 2.75) is 85.9 Å². The highest BCUT2D eigenvalue weighted by Crippen LogP contribution is 2.32. The van der Waals surface area contributed by atoms with Crippen LogP contribution < -0.4 is 0 Å². The summed E-state index contributed by atoms with van der Waals surface area (Å²) in [4.78, 5) is 20.4. The number of aromatic carboxylic acids is 2.